The van der Waals surface area contributed by atoms with Crippen molar-refractivity contribution in [2.45, 2.75) is 38.0 Å². The van der Waals surface area contributed by atoms with Crippen LogP contribution in [0.2, 0.25) is 0 Å². The van der Waals surface area contributed by atoms with E-state index < -0.39 is 12.0 Å². The van der Waals surface area contributed by atoms with Crippen molar-refractivity contribution in [3.63, 3.8) is 0 Å². The third-order valence-electron chi connectivity index (χ3n) is 3.66. The molecule has 1 aromatic carbocycles. The van der Waals surface area contributed by atoms with Crippen LogP contribution < -0.4 is 0 Å². The van der Waals surface area contributed by atoms with Crippen LogP contribution in [0.4, 0.5) is 0 Å². The quantitative estimate of drug-likeness (QED) is 0.901. The minimum absolute atomic E-state index is 0.0234. The molecule has 0 bridgehead atoms. The van der Waals surface area contributed by atoms with E-state index >= 15 is 0 Å². The number of carbonyl (C=O) groups is 3. The number of nitrogens with zero attached hydrogens (tertiary/aromatic N) is 1. The molecule has 6 heteroatoms. The van der Waals surface area contributed by atoms with E-state index in [1.165, 1.54) is 6.92 Å². The largest absolute Gasteiger partial charge is 0.481 e. The molecule has 2 unspecified atom stereocenters. The van der Waals surface area contributed by atoms with Gasteiger partial charge in [-0.25, -0.2) is 0 Å². The first-order valence-corrected chi connectivity index (χ1v) is 8.00. The Morgan fingerprint density at radius 1 is 1.36 bits per heavy atom. The van der Waals surface area contributed by atoms with E-state index in [0.717, 1.165) is 22.9 Å². The van der Waals surface area contributed by atoms with Crippen LogP contribution in [0, 0.1) is 6.92 Å². The van der Waals surface area contributed by atoms with Gasteiger partial charge in [-0.3, -0.25) is 14.4 Å². The van der Waals surface area contributed by atoms with Crippen LogP contribution in [0.3, 0.4) is 0 Å². The lowest BCUT2D eigenvalue weighted by Gasteiger charge is -2.27. The summed E-state index contributed by atoms with van der Waals surface area (Å²) in [5.41, 5.74) is 1.89. The number of hydrogen-bond donors (Lipinski definition) is 1. The molecule has 0 radical (unpaired) electrons. The molecule has 5 nitrogen and oxygen atoms in total. The van der Waals surface area contributed by atoms with Crippen LogP contribution in [0.1, 0.15) is 36.9 Å². The molecule has 2 rings (SSSR count). The second-order valence-electron chi connectivity index (χ2n) is 5.51. The standard InChI is InChI=1S/C16H19NO4S/c1-10-3-5-12(6-4-10)14(8-16(20)21)17-9-13(7-15(17)19)22-11(2)18/h3-6,13-14H,7-9H2,1-2H3,(H,20,21). The summed E-state index contributed by atoms with van der Waals surface area (Å²) in [4.78, 5) is 36.2. The van der Waals surface area contributed by atoms with Gasteiger partial charge >= 0.3 is 5.97 Å². The lowest BCUT2D eigenvalue weighted by molar-refractivity contribution is -0.140. The van der Waals surface area contributed by atoms with Gasteiger partial charge < -0.3 is 10.0 Å². The second-order valence-corrected chi connectivity index (χ2v) is 6.98. The van der Waals surface area contributed by atoms with Gasteiger partial charge in [0.1, 0.15) is 0 Å². The van der Waals surface area contributed by atoms with Crippen LogP contribution in [0.5, 0.6) is 0 Å². The van der Waals surface area contributed by atoms with Gasteiger partial charge in [0.25, 0.3) is 0 Å². The number of hydrogen-bond acceptors (Lipinski definition) is 4. The van der Waals surface area contributed by atoms with Crippen molar-refractivity contribution < 1.29 is 19.5 Å². The number of likely N-dealkylation sites (tertiary alicyclic amines) is 1. The molecule has 1 aromatic rings. The third-order valence-corrected chi connectivity index (χ3v) is 4.64. The Morgan fingerprint density at radius 3 is 2.55 bits per heavy atom. The summed E-state index contributed by atoms with van der Waals surface area (Å²) in [5, 5.41) is 9.05. The molecule has 2 atom stereocenters. The molecule has 22 heavy (non-hydrogen) atoms. The predicted molar refractivity (Wildman–Crippen MR) is 84.6 cm³/mol. The van der Waals surface area contributed by atoms with Gasteiger partial charge in [0.05, 0.1) is 12.5 Å². The van der Waals surface area contributed by atoms with Gasteiger partial charge in [0, 0.05) is 25.1 Å². The summed E-state index contributed by atoms with van der Waals surface area (Å²) in [5.74, 6) is -1.04. The molecule has 1 saturated heterocycles. The molecule has 0 saturated carbocycles. The number of aryl methyl sites for hydroxylation is 1. The Balaban J connectivity index is 2.22. The molecule has 1 aliphatic heterocycles. The van der Waals surface area contributed by atoms with E-state index in [2.05, 4.69) is 0 Å². The number of amides is 1. The Hall–Kier alpha value is -1.82. The number of aliphatic carboxylic acids is 1. The average molecular weight is 321 g/mol. The van der Waals surface area contributed by atoms with Crippen molar-refractivity contribution in [2.24, 2.45) is 0 Å². The van der Waals surface area contributed by atoms with E-state index in [0.29, 0.717) is 6.54 Å². The van der Waals surface area contributed by atoms with Crippen LogP contribution in [0.15, 0.2) is 24.3 Å². The highest BCUT2D eigenvalue weighted by molar-refractivity contribution is 8.14. The van der Waals surface area contributed by atoms with Crippen LogP contribution in [0.25, 0.3) is 0 Å². The lowest BCUT2D eigenvalue weighted by atomic mass is 10.0. The van der Waals surface area contributed by atoms with Crippen LogP contribution >= 0.6 is 11.8 Å². The monoisotopic (exact) mass is 321 g/mol. The van der Waals surface area contributed by atoms with Crippen molar-refractivity contribution in [3.8, 4) is 0 Å². The van der Waals surface area contributed by atoms with Crippen LogP contribution in [-0.2, 0) is 14.4 Å². The van der Waals surface area contributed by atoms with Crippen molar-refractivity contribution in [3.05, 3.63) is 35.4 Å². The van der Waals surface area contributed by atoms with Gasteiger partial charge in [-0.05, 0) is 12.5 Å². The van der Waals surface area contributed by atoms with Gasteiger partial charge in [-0.1, -0.05) is 41.6 Å². The summed E-state index contributed by atoms with van der Waals surface area (Å²) in [7, 11) is 0. The first-order valence-electron chi connectivity index (χ1n) is 7.12. The molecule has 1 aliphatic rings. The van der Waals surface area contributed by atoms with Gasteiger partial charge in [0.2, 0.25) is 5.91 Å². The zero-order valence-electron chi connectivity index (χ0n) is 12.6. The maximum atomic E-state index is 12.2. The van der Waals surface area contributed by atoms with Gasteiger partial charge in [-0.2, -0.15) is 0 Å². The van der Waals surface area contributed by atoms with E-state index in [4.69, 9.17) is 5.11 Å². The van der Waals surface area contributed by atoms with E-state index in [1.54, 1.807) is 4.90 Å². The third kappa shape index (κ3) is 4.10. The molecule has 0 aliphatic carbocycles. The highest BCUT2D eigenvalue weighted by Crippen LogP contribution is 2.33. The summed E-state index contributed by atoms with van der Waals surface area (Å²) < 4.78 is 0. The molecular formula is C16H19NO4S. The summed E-state index contributed by atoms with van der Waals surface area (Å²) in [6.45, 7) is 3.85. The number of rotatable bonds is 5. The van der Waals surface area contributed by atoms with Gasteiger partial charge in [0.15, 0.2) is 5.12 Å². The molecule has 1 amide bonds. The summed E-state index contributed by atoms with van der Waals surface area (Å²) >= 11 is 1.15. The molecular weight excluding hydrogens is 302 g/mol. The Morgan fingerprint density at radius 2 is 2.00 bits per heavy atom. The van der Waals surface area contributed by atoms with Gasteiger partial charge in [-0.15, -0.1) is 0 Å². The minimum Gasteiger partial charge on any atom is -0.481 e. The highest BCUT2D eigenvalue weighted by atomic mass is 32.2. The zero-order chi connectivity index (χ0) is 16.3. The summed E-state index contributed by atoms with van der Waals surface area (Å²) in [6, 6.07) is 7.06. The Labute approximate surface area is 133 Å². The first-order chi connectivity index (χ1) is 10.4. The molecule has 1 fully saturated rings. The molecule has 1 heterocycles. The number of carboxylic acid groups (broad SMARTS) is 1. The van der Waals surface area contributed by atoms with E-state index in [9.17, 15) is 14.4 Å². The minimum atomic E-state index is -0.943. The number of benzene rings is 1. The molecule has 118 valence electrons. The number of thioether (sulfide) groups is 1. The maximum Gasteiger partial charge on any atom is 0.305 e. The zero-order valence-corrected chi connectivity index (χ0v) is 13.4. The number of carboxylic acids is 1. The SMILES string of the molecule is CC(=O)SC1CC(=O)N(C(CC(=O)O)c2ccc(C)cc2)C1. The Bertz CT molecular complexity index is 584. The topological polar surface area (TPSA) is 74.7 Å². The van der Waals surface area contributed by atoms with Crippen molar-refractivity contribution >= 4 is 28.8 Å². The highest BCUT2D eigenvalue weighted by Gasteiger charge is 2.36. The lowest BCUT2D eigenvalue weighted by Crippen LogP contribution is -2.32. The van der Waals surface area contributed by atoms with Crippen LogP contribution in [-0.4, -0.2) is 38.8 Å². The van der Waals surface area contributed by atoms with E-state index in [-0.39, 0.29) is 29.1 Å². The summed E-state index contributed by atoms with van der Waals surface area (Å²) in [6.07, 6.45) is 0.151. The van der Waals surface area contributed by atoms with Crippen molar-refractivity contribution in [2.75, 3.05) is 6.54 Å². The second kappa shape index (κ2) is 6.96. The van der Waals surface area contributed by atoms with Crippen molar-refractivity contribution in [1.82, 2.24) is 4.90 Å². The first kappa shape index (κ1) is 16.5. The fraction of sp³-hybridized carbons (Fsp3) is 0.438. The molecule has 0 aromatic heterocycles. The smallest absolute Gasteiger partial charge is 0.305 e. The number of carbonyl (C=O) groups excluding carboxylic acids is 2. The Kier molecular flexibility index (Phi) is 5.24. The fourth-order valence-electron chi connectivity index (χ4n) is 2.67. The van der Waals surface area contributed by atoms with Crippen molar-refractivity contribution in [1.29, 1.82) is 0 Å². The normalized spacial score (nSPS) is 19.3. The molecule has 1 N–H and O–H groups in total. The van der Waals surface area contributed by atoms with E-state index in [1.807, 2.05) is 31.2 Å². The average Bonchev–Trinajstić information content (AvgIpc) is 2.76. The predicted octanol–water partition coefficient (Wildman–Crippen LogP) is 2.39. The molecule has 0 spiro atoms. The maximum absolute atomic E-state index is 12.2. The fourth-order valence-corrected chi connectivity index (χ4v) is 3.60.